The smallest absolute Gasteiger partial charge is 0.344 e. The van der Waals surface area contributed by atoms with Crippen LogP contribution in [0, 0.1) is 0 Å². The van der Waals surface area contributed by atoms with Gasteiger partial charge in [-0.05, 0) is 90.7 Å². The lowest BCUT2D eigenvalue weighted by Crippen LogP contribution is -2.31. The number of esters is 2. The fourth-order valence-corrected chi connectivity index (χ4v) is 5.57. The normalized spacial score (nSPS) is 12.6. The molecular formula is C36H57N7O4. The first-order chi connectivity index (χ1) is 22.6. The second-order valence-corrected chi connectivity index (χ2v) is 13.2. The first-order valence-electron chi connectivity index (χ1n) is 17.2. The molecule has 2 heterocycles. The van der Waals surface area contributed by atoms with E-state index in [-0.39, 0.29) is 19.1 Å². The number of nitrogens with one attached hydrogen (secondary N) is 2. The Bertz CT molecular complexity index is 1270. The fraction of sp³-hybridized carbons (Fsp3) is 0.611. The van der Waals surface area contributed by atoms with E-state index in [2.05, 4.69) is 79.7 Å². The molecule has 2 aromatic heterocycles. The predicted molar refractivity (Wildman–Crippen MR) is 184 cm³/mol. The van der Waals surface area contributed by atoms with Crippen LogP contribution in [0.1, 0.15) is 102 Å². The number of H-pyrrole nitrogens is 2. The van der Waals surface area contributed by atoms with Crippen LogP contribution in [0.2, 0.25) is 0 Å². The van der Waals surface area contributed by atoms with E-state index in [4.69, 9.17) is 9.47 Å². The van der Waals surface area contributed by atoms with Gasteiger partial charge in [-0.3, -0.25) is 14.6 Å². The van der Waals surface area contributed by atoms with Gasteiger partial charge in [-0.2, -0.15) is 0 Å². The highest BCUT2D eigenvalue weighted by molar-refractivity contribution is 5.76. The maximum absolute atomic E-state index is 12.6. The molecule has 0 aliphatic carbocycles. The Morgan fingerprint density at radius 3 is 1.98 bits per heavy atom. The van der Waals surface area contributed by atoms with Crippen molar-refractivity contribution in [1.82, 2.24) is 34.6 Å². The minimum Gasteiger partial charge on any atom is -0.457 e. The van der Waals surface area contributed by atoms with Gasteiger partial charge in [0.1, 0.15) is 17.2 Å². The number of rotatable bonds is 22. The Balaban J connectivity index is 1.60. The molecule has 11 nitrogen and oxygen atoms in total. The van der Waals surface area contributed by atoms with Gasteiger partial charge < -0.3 is 24.3 Å². The molecule has 3 aromatic rings. The number of carbonyl (C=O) groups is 2. The van der Waals surface area contributed by atoms with E-state index in [9.17, 15) is 9.59 Å². The number of carbonyl (C=O) groups excluding carboxylic acids is 2. The van der Waals surface area contributed by atoms with Gasteiger partial charge in [-0.25, -0.2) is 14.8 Å². The molecule has 0 saturated carbocycles. The van der Waals surface area contributed by atoms with Crippen molar-refractivity contribution in [2.75, 3.05) is 39.3 Å². The zero-order valence-electron chi connectivity index (χ0n) is 29.5. The van der Waals surface area contributed by atoms with Gasteiger partial charge in [0.05, 0.1) is 19.0 Å². The molecule has 0 saturated heterocycles. The van der Waals surface area contributed by atoms with Crippen molar-refractivity contribution in [1.29, 1.82) is 0 Å². The fourth-order valence-electron chi connectivity index (χ4n) is 5.57. The summed E-state index contributed by atoms with van der Waals surface area (Å²) in [6.07, 6.45) is 11.9. The molecule has 1 atom stereocenters. The molecule has 0 aliphatic heterocycles. The van der Waals surface area contributed by atoms with Gasteiger partial charge >= 0.3 is 11.9 Å². The van der Waals surface area contributed by atoms with Crippen molar-refractivity contribution in [2.24, 2.45) is 0 Å². The highest BCUT2D eigenvalue weighted by Crippen LogP contribution is 2.22. The van der Waals surface area contributed by atoms with Gasteiger partial charge in [0, 0.05) is 44.4 Å². The van der Waals surface area contributed by atoms with Crippen LogP contribution >= 0.6 is 0 Å². The molecule has 260 valence electrons. The number of unbranched alkanes of at least 4 members (excludes halogenated alkanes) is 1. The summed E-state index contributed by atoms with van der Waals surface area (Å²) in [6.45, 7) is 18.5. The van der Waals surface area contributed by atoms with Crippen LogP contribution in [0.15, 0.2) is 49.1 Å². The Kier molecular flexibility index (Phi) is 16.1. The van der Waals surface area contributed by atoms with Crippen molar-refractivity contribution in [3.05, 3.63) is 71.8 Å². The molecule has 0 spiro atoms. The summed E-state index contributed by atoms with van der Waals surface area (Å²) in [6, 6.07) is 8.79. The van der Waals surface area contributed by atoms with E-state index < -0.39 is 17.5 Å². The average Bonchev–Trinajstić information content (AvgIpc) is 3.75. The van der Waals surface area contributed by atoms with E-state index >= 15 is 0 Å². The van der Waals surface area contributed by atoms with Gasteiger partial charge in [-0.1, -0.05) is 38.1 Å². The molecule has 3 rings (SSSR count). The van der Waals surface area contributed by atoms with Crippen LogP contribution in [-0.4, -0.2) is 91.5 Å². The highest BCUT2D eigenvalue weighted by atomic mass is 16.6. The van der Waals surface area contributed by atoms with Crippen molar-refractivity contribution >= 4 is 11.9 Å². The van der Waals surface area contributed by atoms with E-state index in [1.54, 1.807) is 33.2 Å². The molecule has 11 heteroatoms. The number of benzene rings is 1. The molecule has 0 bridgehead atoms. The number of aromatic nitrogens is 4. The number of hydrogen-bond donors (Lipinski definition) is 2. The van der Waals surface area contributed by atoms with Gasteiger partial charge in [0.15, 0.2) is 6.61 Å². The Morgan fingerprint density at radius 1 is 0.787 bits per heavy atom. The average molecular weight is 652 g/mol. The number of imidazole rings is 2. The van der Waals surface area contributed by atoms with Crippen molar-refractivity contribution in [2.45, 2.75) is 105 Å². The summed E-state index contributed by atoms with van der Waals surface area (Å²) in [5, 5.41) is 0. The highest BCUT2D eigenvalue weighted by Gasteiger charge is 2.21. The SMILES string of the molecule is CCCN(CCC)CCCCN(CCC(=O)OCC(=O)OC(C)(C)C)Cc1ccc(CN(Cc2ncc[nH]2)C(C)c2ncc[nH]2)cc1. The topological polar surface area (TPSA) is 120 Å². The Labute approximate surface area is 281 Å². The second kappa shape index (κ2) is 20.0. The summed E-state index contributed by atoms with van der Waals surface area (Å²) in [5.74, 6) is 0.900. The molecule has 0 radical (unpaired) electrons. The van der Waals surface area contributed by atoms with Gasteiger partial charge in [-0.15, -0.1) is 0 Å². The standard InChI is InChI=1S/C36H57N7O4/c1-7-20-41(21-8-2)22-9-10-23-42(24-15-33(44)46-28-34(45)47-36(4,5)6)25-30-11-13-31(14-12-30)26-43(27-32-37-16-17-38-32)29(3)35-39-18-19-40-35/h11-14,16-19,29H,7-10,15,20-28H2,1-6H3,(H,37,38)(H,39,40). The van der Waals surface area contributed by atoms with Crippen molar-refractivity contribution in [3.8, 4) is 0 Å². The third-order valence-corrected chi connectivity index (χ3v) is 7.87. The van der Waals surface area contributed by atoms with Crippen LogP contribution in [-0.2, 0) is 38.7 Å². The van der Waals surface area contributed by atoms with Crippen LogP contribution in [0.5, 0.6) is 0 Å². The molecule has 2 N–H and O–H groups in total. The van der Waals surface area contributed by atoms with Gasteiger partial charge in [0.25, 0.3) is 0 Å². The lowest BCUT2D eigenvalue weighted by molar-refractivity contribution is -0.166. The molecule has 1 aromatic carbocycles. The molecule has 0 aliphatic rings. The number of ether oxygens (including phenoxy) is 2. The number of hydrogen-bond acceptors (Lipinski definition) is 9. The molecular weight excluding hydrogens is 594 g/mol. The van der Waals surface area contributed by atoms with Crippen molar-refractivity contribution in [3.63, 3.8) is 0 Å². The largest absolute Gasteiger partial charge is 0.457 e. The third kappa shape index (κ3) is 14.8. The van der Waals surface area contributed by atoms with Crippen molar-refractivity contribution < 1.29 is 19.1 Å². The molecule has 47 heavy (non-hydrogen) atoms. The first kappa shape index (κ1) is 37.9. The summed E-state index contributed by atoms with van der Waals surface area (Å²) in [5.41, 5.74) is 1.77. The van der Waals surface area contributed by atoms with E-state index in [1.165, 1.54) is 11.1 Å². The number of nitrogens with zero attached hydrogens (tertiary/aromatic N) is 5. The van der Waals surface area contributed by atoms with Gasteiger partial charge in [0.2, 0.25) is 0 Å². The third-order valence-electron chi connectivity index (χ3n) is 7.87. The summed E-state index contributed by atoms with van der Waals surface area (Å²) < 4.78 is 10.5. The maximum atomic E-state index is 12.6. The molecule has 1 unspecified atom stereocenters. The summed E-state index contributed by atoms with van der Waals surface area (Å²) in [7, 11) is 0. The Morgan fingerprint density at radius 2 is 1.40 bits per heavy atom. The second-order valence-electron chi connectivity index (χ2n) is 13.2. The zero-order chi connectivity index (χ0) is 34.1. The minimum absolute atomic E-state index is 0.0749. The quantitative estimate of drug-likeness (QED) is 0.101. The lowest BCUT2D eigenvalue weighted by atomic mass is 10.1. The Hall–Kier alpha value is -3.54. The first-order valence-corrected chi connectivity index (χ1v) is 17.2. The van der Waals surface area contributed by atoms with Crippen LogP contribution in [0.4, 0.5) is 0 Å². The summed E-state index contributed by atoms with van der Waals surface area (Å²) >= 11 is 0. The van der Waals surface area contributed by atoms with Crippen LogP contribution in [0.3, 0.4) is 0 Å². The molecule has 0 fully saturated rings. The van der Waals surface area contributed by atoms with Crippen LogP contribution < -0.4 is 0 Å². The summed E-state index contributed by atoms with van der Waals surface area (Å²) in [4.78, 5) is 47.1. The van der Waals surface area contributed by atoms with E-state index in [1.807, 2.05) is 12.4 Å². The monoisotopic (exact) mass is 651 g/mol. The van der Waals surface area contributed by atoms with Crippen LogP contribution in [0.25, 0.3) is 0 Å². The van der Waals surface area contributed by atoms with E-state index in [0.717, 1.165) is 76.6 Å². The molecule has 0 amide bonds. The number of aromatic amines is 2. The lowest BCUT2D eigenvalue weighted by Gasteiger charge is -2.27. The zero-order valence-corrected chi connectivity index (χ0v) is 29.5. The minimum atomic E-state index is -0.616. The predicted octanol–water partition coefficient (Wildman–Crippen LogP) is 5.88. The van der Waals surface area contributed by atoms with E-state index in [0.29, 0.717) is 13.1 Å². The maximum Gasteiger partial charge on any atom is 0.344 e.